The summed E-state index contributed by atoms with van der Waals surface area (Å²) in [6.07, 6.45) is 14.2. The van der Waals surface area contributed by atoms with Crippen LogP contribution in [0.15, 0.2) is 146 Å². The number of unbranched alkanes of at least 4 members (excludes halogenated alkanes) is 9. The minimum Gasteiger partial charge on any atom is -0.494 e. The molecule has 0 amide bonds. The number of anilines is 1. The van der Waals surface area contributed by atoms with E-state index in [1.54, 1.807) is 48.5 Å². The van der Waals surface area contributed by atoms with Crippen LogP contribution in [-0.4, -0.2) is 75.7 Å². The molecule has 0 aliphatic carbocycles. The minimum absolute atomic E-state index is 0.0602. The van der Waals surface area contributed by atoms with E-state index in [1.165, 1.54) is 18.3 Å². The molecule has 0 saturated carbocycles. The third-order valence-corrected chi connectivity index (χ3v) is 11.0. The maximum absolute atomic E-state index is 13.8. The number of hydrogen-bond donors (Lipinski definition) is 1. The molecule has 0 bridgehead atoms. The second-order valence-electron chi connectivity index (χ2n) is 16.4. The van der Waals surface area contributed by atoms with Gasteiger partial charge in [0.25, 0.3) is 0 Å². The van der Waals surface area contributed by atoms with Gasteiger partial charge in [0.1, 0.15) is 17.2 Å². The number of nitrogens with zero attached hydrogens (tertiary/aromatic N) is 1. The van der Waals surface area contributed by atoms with Gasteiger partial charge in [0.05, 0.1) is 68.2 Å². The lowest BCUT2D eigenvalue weighted by atomic mass is 10.1. The lowest BCUT2D eigenvalue weighted by molar-refractivity contribution is -0.138. The van der Waals surface area contributed by atoms with Gasteiger partial charge in [0.2, 0.25) is 0 Å². The van der Waals surface area contributed by atoms with E-state index in [0.717, 1.165) is 98.9 Å². The molecule has 15 heteroatoms. The number of hydrazone groups is 1. The summed E-state index contributed by atoms with van der Waals surface area (Å²) >= 11 is 0. The van der Waals surface area contributed by atoms with E-state index in [-0.39, 0.29) is 47.2 Å². The molecular weight excluding hydrogens is 933 g/mol. The molecular formula is C58H64N2O13. The van der Waals surface area contributed by atoms with Gasteiger partial charge < -0.3 is 37.9 Å². The Hall–Kier alpha value is -8.20. The molecule has 384 valence electrons. The number of nitrogens with one attached hydrogen (secondary N) is 1. The predicted octanol–water partition coefficient (Wildman–Crippen LogP) is 11.7. The molecule has 0 aromatic heterocycles. The third-order valence-electron chi connectivity index (χ3n) is 11.0. The first-order valence-corrected chi connectivity index (χ1v) is 24.5. The lowest BCUT2D eigenvalue weighted by Crippen LogP contribution is -2.14. The molecule has 15 nitrogen and oxygen atoms in total. The summed E-state index contributed by atoms with van der Waals surface area (Å²) in [5.41, 5.74) is 4.57. The number of fused-ring (bicyclic) bond motifs is 1. The standard InChI is InChI=1S/C58H64N2O13/c1-4-53(61)68-38-17-9-7-15-36-66-46-30-26-44(27-31-46)57(64)72-51-34-35-52(73-58(65)45-28-32-47(33-29-45)67-37-16-8-10-18-39-69-54(62)5-2)56(71-41-20-12-11-19-40-70-55(63)6-3)49(51)42-59-60-50-25-21-23-43-22-13-14-24-48(43)50/h4-6,13-14,21-35,42,60H,1-3,7-12,15-20,36-41H2/b59-42+. The van der Waals surface area contributed by atoms with E-state index >= 15 is 0 Å². The largest absolute Gasteiger partial charge is 0.494 e. The van der Waals surface area contributed by atoms with Crippen LogP contribution in [0.2, 0.25) is 0 Å². The Morgan fingerprint density at radius 3 is 1.37 bits per heavy atom. The summed E-state index contributed by atoms with van der Waals surface area (Å²) in [4.78, 5) is 61.5. The van der Waals surface area contributed by atoms with Crippen molar-refractivity contribution in [2.24, 2.45) is 5.10 Å². The van der Waals surface area contributed by atoms with Crippen LogP contribution >= 0.6 is 0 Å². The normalized spacial score (nSPS) is 10.7. The molecule has 5 aromatic carbocycles. The Morgan fingerprint density at radius 2 is 0.877 bits per heavy atom. The molecule has 73 heavy (non-hydrogen) atoms. The van der Waals surface area contributed by atoms with Crippen molar-refractivity contribution in [3.8, 4) is 28.7 Å². The van der Waals surface area contributed by atoms with Gasteiger partial charge in [-0.25, -0.2) is 24.0 Å². The third kappa shape index (κ3) is 19.8. The first-order valence-electron chi connectivity index (χ1n) is 24.5. The molecule has 0 radical (unpaired) electrons. The van der Waals surface area contributed by atoms with Crippen LogP contribution in [0.3, 0.4) is 0 Å². The van der Waals surface area contributed by atoms with Crippen molar-refractivity contribution in [2.75, 3.05) is 45.1 Å². The van der Waals surface area contributed by atoms with Gasteiger partial charge in [-0.15, -0.1) is 0 Å². The van der Waals surface area contributed by atoms with Gasteiger partial charge in [0, 0.05) is 23.6 Å². The molecule has 0 atom stereocenters. The van der Waals surface area contributed by atoms with Crippen molar-refractivity contribution in [1.29, 1.82) is 0 Å². The molecule has 5 aromatic rings. The number of ether oxygens (including phenoxy) is 8. The van der Waals surface area contributed by atoms with Crippen LogP contribution in [0.4, 0.5) is 5.69 Å². The number of esters is 5. The van der Waals surface area contributed by atoms with E-state index in [0.29, 0.717) is 50.8 Å². The van der Waals surface area contributed by atoms with Crippen molar-refractivity contribution in [2.45, 2.75) is 77.0 Å². The summed E-state index contributed by atoms with van der Waals surface area (Å²) < 4.78 is 45.4. The fourth-order valence-electron chi connectivity index (χ4n) is 7.11. The van der Waals surface area contributed by atoms with Crippen LogP contribution in [0.5, 0.6) is 28.7 Å². The molecule has 0 saturated heterocycles. The van der Waals surface area contributed by atoms with E-state index in [1.807, 2.05) is 42.5 Å². The van der Waals surface area contributed by atoms with Gasteiger partial charge in [-0.1, -0.05) is 56.1 Å². The van der Waals surface area contributed by atoms with Crippen LogP contribution in [0.1, 0.15) is 103 Å². The second-order valence-corrected chi connectivity index (χ2v) is 16.4. The zero-order chi connectivity index (χ0) is 51.9. The maximum Gasteiger partial charge on any atom is 0.343 e. The van der Waals surface area contributed by atoms with Gasteiger partial charge >= 0.3 is 29.8 Å². The number of hydrogen-bond acceptors (Lipinski definition) is 15. The first-order chi connectivity index (χ1) is 35.7. The number of rotatable bonds is 34. The SMILES string of the molecule is C=CC(=O)OCCCCCCOc1ccc(C(=O)Oc2ccc(OC(=O)c3ccc(OCCCCCCOC(=O)C=C)cc3)c(OCCCCCCOC(=O)C=C)c2/C=N/Nc2cccc3ccccc23)cc1. The summed E-state index contributed by atoms with van der Waals surface area (Å²) in [5.74, 6) is -1.24. The minimum atomic E-state index is -0.669. The van der Waals surface area contributed by atoms with Crippen molar-refractivity contribution >= 4 is 52.5 Å². The summed E-state index contributed by atoms with van der Waals surface area (Å²) in [5, 5.41) is 6.51. The van der Waals surface area contributed by atoms with Crippen LogP contribution in [0, 0.1) is 0 Å². The molecule has 1 N–H and O–H groups in total. The Morgan fingerprint density at radius 1 is 0.452 bits per heavy atom. The number of carbonyl (C=O) groups is 5. The highest BCUT2D eigenvalue weighted by Crippen LogP contribution is 2.38. The number of carbonyl (C=O) groups excluding carboxylic acids is 5. The predicted molar refractivity (Wildman–Crippen MR) is 280 cm³/mol. The average Bonchev–Trinajstić information content (AvgIpc) is 3.41. The molecule has 0 unspecified atom stereocenters. The van der Waals surface area contributed by atoms with Gasteiger partial charge in [-0.3, -0.25) is 5.43 Å². The lowest BCUT2D eigenvalue weighted by Gasteiger charge is -2.17. The van der Waals surface area contributed by atoms with E-state index in [9.17, 15) is 24.0 Å². The van der Waals surface area contributed by atoms with Crippen LogP contribution in [-0.2, 0) is 28.6 Å². The van der Waals surface area contributed by atoms with Crippen LogP contribution < -0.4 is 29.1 Å². The molecule has 0 aliphatic rings. The summed E-state index contributed by atoms with van der Waals surface area (Å²) in [6.45, 7) is 12.3. The van der Waals surface area contributed by atoms with E-state index < -0.39 is 29.8 Å². The molecule has 0 aliphatic heterocycles. The average molecular weight is 997 g/mol. The van der Waals surface area contributed by atoms with Crippen molar-refractivity contribution in [1.82, 2.24) is 0 Å². The van der Waals surface area contributed by atoms with Crippen LogP contribution in [0.25, 0.3) is 10.8 Å². The monoisotopic (exact) mass is 996 g/mol. The zero-order valence-corrected chi connectivity index (χ0v) is 41.2. The highest BCUT2D eigenvalue weighted by molar-refractivity contribution is 5.98. The molecule has 0 fully saturated rings. The Bertz CT molecular complexity index is 2620. The van der Waals surface area contributed by atoms with E-state index in [2.05, 4.69) is 30.3 Å². The Balaban J connectivity index is 1.32. The summed E-state index contributed by atoms with van der Waals surface area (Å²) in [6, 6.07) is 29.9. The fraction of sp³-hybridized carbons (Fsp3) is 0.310. The smallest absolute Gasteiger partial charge is 0.343 e. The van der Waals surface area contributed by atoms with Crippen molar-refractivity contribution < 1.29 is 61.9 Å². The zero-order valence-electron chi connectivity index (χ0n) is 41.2. The van der Waals surface area contributed by atoms with Gasteiger partial charge in [0.15, 0.2) is 11.5 Å². The summed E-state index contributed by atoms with van der Waals surface area (Å²) in [7, 11) is 0. The fourth-order valence-corrected chi connectivity index (χ4v) is 7.11. The Kier molecular flexibility index (Phi) is 24.4. The Labute approximate surface area is 426 Å². The number of benzene rings is 5. The first kappa shape index (κ1) is 55.7. The molecule has 0 heterocycles. The molecule has 5 rings (SSSR count). The van der Waals surface area contributed by atoms with E-state index in [4.69, 9.17) is 37.9 Å². The van der Waals surface area contributed by atoms with Gasteiger partial charge in [-0.2, -0.15) is 5.10 Å². The molecule has 0 spiro atoms. The topological polar surface area (TPSA) is 184 Å². The second kappa shape index (κ2) is 31.9. The highest BCUT2D eigenvalue weighted by atomic mass is 16.6. The van der Waals surface area contributed by atoms with Crippen molar-refractivity contribution in [3.63, 3.8) is 0 Å². The quantitative estimate of drug-likeness (QED) is 0.00781. The van der Waals surface area contributed by atoms with Crippen molar-refractivity contribution in [3.05, 3.63) is 158 Å². The maximum atomic E-state index is 13.8. The van der Waals surface area contributed by atoms with Gasteiger partial charge in [-0.05, 0) is 149 Å². The highest BCUT2D eigenvalue weighted by Gasteiger charge is 2.22.